The van der Waals surface area contributed by atoms with Crippen LogP contribution in [0.3, 0.4) is 0 Å². The van der Waals surface area contributed by atoms with Crippen molar-refractivity contribution in [3.05, 3.63) is 111 Å². The molecule has 194 valence electrons. The van der Waals surface area contributed by atoms with Gasteiger partial charge in [-0.1, -0.05) is 71.9 Å². The van der Waals surface area contributed by atoms with E-state index in [1.54, 1.807) is 30.3 Å². The number of halogens is 4. The largest absolute Gasteiger partial charge is 0.416 e. The third kappa shape index (κ3) is 6.21. The molecule has 2 amide bonds. The number of nitrogens with one attached hydrogen (secondary N) is 1. The minimum absolute atomic E-state index is 0.0708. The number of thioether (sulfide) groups is 1. The van der Waals surface area contributed by atoms with Gasteiger partial charge in [-0.25, -0.2) is 0 Å². The summed E-state index contributed by atoms with van der Waals surface area (Å²) < 4.78 is 40.9. The highest BCUT2D eigenvalue weighted by Gasteiger charge is 2.42. The van der Waals surface area contributed by atoms with Gasteiger partial charge in [0.15, 0.2) is 0 Å². The summed E-state index contributed by atoms with van der Waals surface area (Å²) in [7, 11) is 0. The van der Waals surface area contributed by atoms with E-state index < -0.39 is 28.8 Å². The molecule has 4 rings (SSSR count). The number of hydrogen-bond acceptors (Lipinski definition) is 4. The molecule has 3 aromatic carbocycles. The van der Waals surface area contributed by atoms with Gasteiger partial charge in [-0.05, 0) is 54.3 Å². The Bertz CT molecular complexity index is 1410. The maximum atomic E-state index is 13.6. The van der Waals surface area contributed by atoms with Crippen LogP contribution in [0.2, 0.25) is 5.02 Å². The number of carbonyl (C=O) groups excluding carboxylic acids is 2. The predicted molar refractivity (Wildman–Crippen MR) is 141 cm³/mol. The highest BCUT2D eigenvalue weighted by atomic mass is 35.5. The van der Waals surface area contributed by atoms with Crippen molar-refractivity contribution in [1.82, 2.24) is 5.32 Å². The number of carbonyl (C=O) groups is 2. The van der Waals surface area contributed by atoms with Crippen LogP contribution in [-0.2, 0) is 28.6 Å². The summed E-state index contributed by atoms with van der Waals surface area (Å²) in [6.45, 7) is 0.256. The van der Waals surface area contributed by atoms with E-state index in [1.807, 2.05) is 36.4 Å². The molecule has 0 aromatic heterocycles. The van der Waals surface area contributed by atoms with Gasteiger partial charge < -0.3 is 5.32 Å². The zero-order valence-corrected chi connectivity index (χ0v) is 21.4. The SMILES string of the molecule is N#C/C(C(=O)NCCc1ccccc1)=C1/SC(Cc2cc(Cl)ccc2C(F)(F)F)C(=O)N1c1ccccc1. The Morgan fingerprint density at radius 1 is 1.05 bits per heavy atom. The highest BCUT2D eigenvalue weighted by molar-refractivity contribution is 8.05. The van der Waals surface area contributed by atoms with Crippen LogP contribution in [0.1, 0.15) is 16.7 Å². The summed E-state index contributed by atoms with van der Waals surface area (Å²) in [4.78, 5) is 27.8. The maximum absolute atomic E-state index is 13.6. The van der Waals surface area contributed by atoms with Crippen molar-refractivity contribution in [2.75, 3.05) is 11.4 Å². The van der Waals surface area contributed by atoms with Crippen LogP contribution in [0.15, 0.2) is 89.5 Å². The van der Waals surface area contributed by atoms with E-state index in [0.29, 0.717) is 12.1 Å². The summed E-state index contributed by atoms with van der Waals surface area (Å²) in [5.41, 5.74) is 0.0748. The first-order chi connectivity index (χ1) is 18.2. The van der Waals surface area contributed by atoms with Crippen molar-refractivity contribution in [2.45, 2.75) is 24.3 Å². The van der Waals surface area contributed by atoms with Crippen molar-refractivity contribution in [1.29, 1.82) is 5.26 Å². The van der Waals surface area contributed by atoms with Crippen molar-refractivity contribution < 1.29 is 22.8 Å². The van der Waals surface area contributed by atoms with Gasteiger partial charge in [-0.15, -0.1) is 0 Å². The van der Waals surface area contributed by atoms with Gasteiger partial charge in [-0.3, -0.25) is 14.5 Å². The molecule has 1 N–H and O–H groups in total. The minimum atomic E-state index is -4.64. The number of alkyl halides is 3. The first kappa shape index (κ1) is 27.3. The van der Waals surface area contributed by atoms with Gasteiger partial charge in [0, 0.05) is 17.3 Å². The monoisotopic (exact) mass is 555 g/mol. The van der Waals surface area contributed by atoms with Crippen LogP contribution in [0, 0.1) is 11.3 Å². The Hall–Kier alpha value is -3.74. The standard InChI is InChI=1S/C28H21ClF3N3O2S/c29-20-11-12-23(28(30,31)32)19(15-20)16-24-26(37)35(21-9-5-2-6-10-21)27(38-24)22(17-33)25(36)34-14-13-18-7-3-1-4-8-18/h1-12,15,24H,13-14,16H2,(H,34,36)/b27-22-. The van der Waals surface area contributed by atoms with Crippen LogP contribution in [0.4, 0.5) is 18.9 Å². The van der Waals surface area contributed by atoms with E-state index in [2.05, 4.69) is 5.32 Å². The second-order valence-electron chi connectivity index (χ2n) is 8.40. The Labute approximate surface area is 226 Å². The number of para-hydroxylation sites is 1. The highest BCUT2D eigenvalue weighted by Crippen LogP contribution is 2.43. The third-order valence-electron chi connectivity index (χ3n) is 5.84. The molecule has 1 unspecified atom stereocenters. The topological polar surface area (TPSA) is 73.2 Å². The fourth-order valence-electron chi connectivity index (χ4n) is 4.06. The van der Waals surface area contributed by atoms with Crippen LogP contribution in [-0.4, -0.2) is 23.6 Å². The van der Waals surface area contributed by atoms with E-state index in [9.17, 15) is 28.0 Å². The number of rotatable bonds is 7. The molecule has 0 radical (unpaired) electrons. The average molecular weight is 556 g/mol. The molecule has 1 atom stereocenters. The summed E-state index contributed by atoms with van der Waals surface area (Å²) in [6.07, 6.45) is -4.40. The molecule has 1 fully saturated rings. The minimum Gasteiger partial charge on any atom is -0.351 e. The number of benzene rings is 3. The van der Waals surface area contributed by atoms with Gasteiger partial charge in [0.2, 0.25) is 5.91 Å². The molecule has 1 heterocycles. The van der Waals surface area contributed by atoms with Gasteiger partial charge in [0.25, 0.3) is 5.91 Å². The number of amides is 2. The van der Waals surface area contributed by atoms with E-state index in [1.165, 1.54) is 11.0 Å². The van der Waals surface area contributed by atoms with Crippen LogP contribution < -0.4 is 10.2 Å². The van der Waals surface area contributed by atoms with Crippen LogP contribution in [0.5, 0.6) is 0 Å². The first-order valence-electron chi connectivity index (χ1n) is 11.6. The Morgan fingerprint density at radius 3 is 2.34 bits per heavy atom. The summed E-state index contributed by atoms with van der Waals surface area (Å²) in [5.74, 6) is -1.20. The quantitative estimate of drug-likeness (QED) is 0.281. The van der Waals surface area contributed by atoms with E-state index in [4.69, 9.17) is 11.6 Å². The normalized spacial score (nSPS) is 16.8. The number of hydrogen-bond donors (Lipinski definition) is 1. The summed E-state index contributed by atoms with van der Waals surface area (Å²) in [5, 5.41) is 11.8. The first-order valence-corrected chi connectivity index (χ1v) is 12.8. The molecule has 0 saturated carbocycles. The molecular weight excluding hydrogens is 535 g/mol. The Morgan fingerprint density at radius 2 is 1.71 bits per heavy atom. The van der Waals surface area contributed by atoms with Crippen molar-refractivity contribution in [3.63, 3.8) is 0 Å². The third-order valence-corrected chi connectivity index (χ3v) is 7.34. The smallest absolute Gasteiger partial charge is 0.351 e. The molecular formula is C28H21ClF3N3O2S. The number of nitrogens with zero attached hydrogens (tertiary/aromatic N) is 2. The lowest BCUT2D eigenvalue weighted by Crippen LogP contribution is -2.32. The van der Waals surface area contributed by atoms with Crippen LogP contribution >= 0.6 is 23.4 Å². The van der Waals surface area contributed by atoms with Gasteiger partial charge >= 0.3 is 6.18 Å². The predicted octanol–water partition coefficient (Wildman–Crippen LogP) is 6.14. The fraction of sp³-hybridized carbons (Fsp3) is 0.179. The molecule has 1 aliphatic rings. The Kier molecular flexibility index (Phi) is 8.45. The number of anilines is 1. The fourth-order valence-corrected chi connectivity index (χ4v) is 5.55. The molecule has 38 heavy (non-hydrogen) atoms. The zero-order chi connectivity index (χ0) is 27.3. The van der Waals surface area contributed by atoms with Crippen molar-refractivity contribution in [3.8, 4) is 6.07 Å². The Balaban J connectivity index is 1.65. The molecule has 0 bridgehead atoms. The molecule has 0 aliphatic carbocycles. The van der Waals surface area contributed by atoms with Gasteiger partial charge in [0.05, 0.1) is 10.8 Å². The summed E-state index contributed by atoms with van der Waals surface area (Å²) in [6, 6.07) is 22.9. The summed E-state index contributed by atoms with van der Waals surface area (Å²) >= 11 is 6.87. The van der Waals surface area contributed by atoms with Gasteiger partial charge in [0.1, 0.15) is 16.7 Å². The van der Waals surface area contributed by atoms with E-state index in [-0.39, 0.29) is 34.2 Å². The molecule has 3 aromatic rings. The molecule has 1 saturated heterocycles. The molecule has 0 spiro atoms. The van der Waals surface area contributed by atoms with Gasteiger partial charge in [-0.2, -0.15) is 18.4 Å². The van der Waals surface area contributed by atoms with E-state index >= 15 is 0 Å². The van der Waals surface area contributed by atoms with Crippen LogP contribution in [0.25, 0.3) is 0 Å². The molecule has 10 heteroatoms. The van der Waals surface area contributed by atoms with Crippen molar-refractivity contribution in [2.24, 2.45) is 0 Å². The lowest BCUT2D eigenvalue weighted by Gasteiger charge is -2.19. The zero-order valence-electron chi connectivity index (χ0n) is 19.8. The second kappa shape index (κ2) is 11.8. The number of nitriles is 1. The molecule has 5 nitrogen and oxygen atoms in total. The lowest BCUT2D eigenvalue weighted by atomic mass is 10.0. The van der Waals surface area contributed by atoms with E-state index in [0.717, 1.165) is 29.5 Å². The lowest BCUT2D eigenvalue weighted by molar-refractivity contribution is -0.138. The average Bonchev–Trinajstić information content (AvgIpc) is 3.20. The van der Waals surface area contributed by atoms with Crippen molar-refractivity contribution >= 4 is 40.9 Å². The molecule has 1 aliphatic heterocycles. The maximum Gasteiger partial charge on any atom is 0.416 e. The second-order valence-corrected chi connectivity index (χ2v) is 10.0.